The number of carbonyl (C=O) groups excluding carboxylic acids is 7. The second-order valence-electron chi connectivity index (χ2n) is 32.3. The summed E-state index contributed by atoms with van der Waals surface area (Å²) in [6, 6.07) is 29.0. The summed E-state index contributed by atoms with van der Waals surface area (Å²) in [7, 11) is 5.44. The molecule has 0 bridgehead atoms. The minimum absolute atomic E-state index is 0.00911. The van der Waals surface area contributed by atoms with Crippen LogP contribution in [0.2, 0.25) is 5.02 Å². The summed E-state index contributed by atoms with van der Waals surface area (Å²) in [5, 5.41) is 31.7. The molecule has 2 aliphatic heterocycles. The van der Waals surface area contributed by atoms with Crippen molar-refractivity contribution in [1.29, 1.82) is 0 Å². The first-order valence-electron chi connectivity index (χ1n) is 45.2. The highest BCUT2D eigenvalue weighted by Gasteiger charge is 2.35. The van der Waals surface area contributed by atoms with Crippen molar-refractivity contribution in [2.75, 3.05) is 205 Å². The van der Waals surface area contributed by atoms with E-state index in [1.165, 1.54) is 41.9 Å². The Morgan fingerprint density at radius 3 is 1.86 bits per heavy atom. The van der Waals surface area contributed by atoms with Gasteiger partial charge in [0.05, 0.1) is 174 Å². The summed E-state index contributed by atoms with van der Waals surface area (Å²) in [5.41, 5.74) is 12.4. The second kappa shape index (κ2) is 58.4. The molecular weight excluding hydrogens is 1850 g/mol. The number of methoxy groups -OCH3 is 2. The van der Waals surface area contributed by atoms with Crippen molar-refractivity contribution in [2.45, 2.75) is 96.8 Å². The molecule has 0 aliphatic carbocycles. The first kappa shape index (κ1) is 110. The third-order valence-electron chi connectivity index (χ3n) is 21.8. The molecule has 0 unspecified atom stereocenters. The van der Waals surface area contributed by atoms with E-state index in [-0.39, 0.29) is 64.5 Å². The average molecular weight is 1970 g/mol. The number of anilines is 1. The number of likely N-dealkylation sites (N-methyl/N-ethyl adjacent to an activating group) is 1. The smallest absolute Gasteiger partial charge is 0.430 e. The highest BCUT2D eigenvalue weighted by molar-refractivity contribution is 7.22. The topological polar surface area (TPSA) is 441 Å². The van der Waals surface area contributed by atoms with Gasteiger partial charge in [0.2, 0.25) is 29.7 Å². The van der Waals surface area contributed by atoms with Crippen LogP contribution in [0.15, 0.2) is 134 Å². The van der Waals surface area contributed by atoms with Gasteiger partial charge >= 0.3 is 18.2 Å². The number of para-hydroxylation sites is 2. The molecule has 36 nitrogen and oxygen atoms in total. The molecule has 8 aromatic rings. The quantitative estimate of drug-likeness (QED) is 0.00896. The number of nitrogens with two attached hydrogens (primary N) is 1. The minimum Gasteiger partial charge on any atom is -0.542 e. The van der Waals surface area contributed by atoms with Gasteiger partial charge in [-0.3, -0.25) is 33.8 Å². The number of urea groups is 1. The Morgan fingerprint density at radius 2 is 1.25 bits per heavy atom. The van der Waals surface area contributed by atoms with Crippen molar-refractivity contribution in [1.82, 2.24) is 45.7 Å². The number of imide groups is 1. The normalized spacial score (nSPS) is 13.8. The van der Waals surface area contributed by atoms with Gasteiger partial charge < -0.3 is 113 Å². The number of primary amides is 1. The summed E-state index contributed by atoms with van der Waals surface area (Å²) in [6.07, 6.45) is -0.0108. The van der Waals surface area contributed by atoms with Crippen LogP contribution in [0.1, 0.15) is 67.5 Å². The van der Waals surface area contributed by atoms with Crippen molar-refractivity contribution in [3.05, 3.63) is 173 Å². The van der Waals surface area contributed by atoms with Gasteiger partial charge in [-0.05, 0) is 121 Å². The number of piperazine rings is 1. The lowest BCUT2D eigenvalue weighted by molar-refractivity contribution is -0.926. The van der Waals surface area contributed by atoms with Gasteiger partial charge in [-0.25, -0.2) is 33.9 Å². The third-order valence-corrected chi connectivity index (χ3v) is 23.4. The lowest BCUT2D eigenvalue weighted by Gasteiger charge is -2.42. The maximum atomic E-state index is 14.7. The Balaban J connectivity index is 0.00000293. The molecule has 10 rings (SSSR count). The number of aromatic nitrogens is 4. The number of aliphatic carboxylic acids is 2. The molecule has 5 aromatic carbocycles. The van der Waals surface area contributed by atoms with Gasteiger partial charge in [-0.2, -0.15) is 13.2 Å². The fourth-order valence-electron chi connectivity index (χ4n) is 14.5. The second-order valence-corrected chi connectivity index (χ2v) is 33.7. The van der Waals surface area contributed by atoms with Crippen LogP contribution in [0.3, 0.4) is 0 Å². The standard InChI is InChI=1S/C94H120ClFN12O22S.C2HF3O2/c1-64(2)86(105-80(109)30-40-120-41-36-107-81(110)27-28-82(107)111)90(113)104-75(16-11-31-99-94(97)116)89(112)103-71-24-21-69(67(59-71)14-12-39-119-45-46-122-49-50-124-53-54-126-57-58-127-56-55-125-52-51-123-48-47-121-44-43-117-5)61-108(4)37-33-106(34-38-108)35-42-128-78-26-25-73(65(3)85(78)95)83-84-91(100-63-101-92(84)131-87(83)66-19-22-70(96)23-20-66)130-79(93(114)115)60-68-13-7-9-17-76(68)129-62-72-29-32-98-88(102-72)74-15-8-10-18-77(74)118-6;3-2(4,5)1(6)7/h7-10,13,15,17-29,32,59,63-64,75,79,86H,11-12,14,16,30-31,33-58,60-62H2,1-6H3,(H6-,97,99,103,104,105,109,112,113,114,115,116);(H,6,7)/t75-,79+,86-;/m0./s1. The average Bonchev–Trinajstić information content (AvgIpc) is 1.59. The Hall–Kier alpha value is -11.6. The van der Waals surface area contributed by atoms with Crippen molar-refractivity contribution < 1.29 is 137 Å². The molecule has 0 radical (unpaired) electrons. The number of carbonyl (C=O) groups is 8. The first-order valence-corrected chi connectivity index (χ1v) is 46.4. The summed E-state index contributed by atoms with van der Waals surface area (Å²) in [4.78, 5) is 123. The molecule has 2 aliphatic rings. The molecule has 7 amide bonds. The van der Waals surface area contributed by atoms with Gasteiger partial charge in [0.15, 0.2) is 5.82 Å². The van der Waals surface area contributed by atoms with Crippen LogP contribution in [0, 0.1) is 18.7 Å². The van der Waals surface area contributed by atoms with E-state index in [0.717, 1.165) is 42.2 Å². The Morgan fingerprint density at radius 1 is 0.652 bits per heavy atom. The Labute approximate surface area is 806 Å². The summed E-state index contributed by atoms with van der Waals surface area (Å²) in [6.45, 7) is 17.7. The molecule has 1 fully saturated rings. The van der Waals surface area contributed by atoms with Crippen molar-refractivity contribution in [2.24, 2.45) is 11.7 Å². The fourth-order valence-corrected chi connectivity index (χ4v) is 15.8. The third kappa shape index (κ3) is 36.7. The molecular formula is C96H121ClF4N12O24S. The molecule has 1 saturated heterocycles. The van der Waals surface area contributed by atoms with Crippen LogP contribution in [0.4, 0.5) is 28.0 Å². The van der Waals surface area contributed by atoms with E-state index < -0.39 is 83.6 Å². The number of aryl methyl sites for hydroxylation is 1. The number of carboxylic acid groups (broad SMARTS) is 2. The van der Waals surface area contributed by atoms with Crippen LogP contribution < -0.4 is 51.1 Å². The van der Waals surface area contributed by atoms with Crippen LogP contribution in [0.5, 0.6) is 23.1 Å². The minimum atomic E-state index is -5.19. The lowest BCUT2D eigenvalue weighted by Crippen LogP contribution is -2.57. The highest BCUT2D eigenvalue weighted by Crippen LogP contribution is 2.50. The number of benzene rings is 5. The molecule has 750 valence electrons. The number of rotatable bonds is 62. The summed E-state index contributed by atoms with van der Waals surface area (Å²) >= 11 is 8.67. The number of amides is 7. The van der Waals surface area contributed by atoms with Gasteiger partial charge in [0.25, 0.3) is 11.8 Å². The van der Waals surface area contributed by atoms with E-state index in [4.69, 9.17) is 98.5 Å². The first-order chi connectivity index (χ1) is 66.5. The largest absolute Gasteiger partial charge is 0.542 e. The summed E-state index contributed by atoms with van der Waals surface area (Å²) in [5.74, 6) is -5.66. The Bertz CT molecular complexity index is 5240. The molecule has 42 heteroatoms. The van der Waals surface area contributed by atoms with Crippen LogP contribution >= 0.6 is 22.9 Å². The van der Waals surface area contributed by atoms with Gasteiger partial charge in [0, 0.05) is 92.8 Å². The number of nitrogens with zero attached hydrogens (tertiary/aromatic N) is 7. The molecule has 0 saturated carbocycles. The number of ether oxygens (including phenoxy) is 14. The maximum Gasteiger partial charge on any atom is 0.430 e. The number of hydrogen-bond acceptors (Lipinski definition) is 29. The lowest BCUT2D eigenvalue weighted by atomic mass is 9.96. The maximum absolute atomic E-state index is 14.7. The fraction of sp³-hybridized carbons (Fsp3) is 0.479. The van der Waals surface area contributed by atoms with E-state index in [2.05, 4.69) is 48.2 Å². The van der Waals surface area contributed by atoms with Crippen LogP contribution in [-0.4, -0.2) is 310 Å². The zero-order valence-corrected chi connectivity index (χ0v) is 79.7. The van der Waals surface area contributed by atoms with E-state index in [1.54, 1.807) is 82.8 Å². The molecule has 5 heterocycles. The number of thiophene rings is 1. The molecule has 3 atom stereocenters. The van der Waals surface area contributed by atoms with Crippen molar-refractivity contribution in [3.63, 3.8) is 0 Å². The van der Waals surface area contributed by atoms with E-state index in [1.807, 2.05) is 55.5 Å². The van der Waals surface area contributed by atoms with E-state index in [0.29, 0.717) is 237 Å². The van der Waals surface area contributed by atoms with Crippen molar-refractivity contribution >= 4 is 86.3 Å². The van der Waals surface area contributed by atoms with Gasteiger partial charge in [0.1, 0.15) is 72.0 Å². The molecule has 3 aromatic heterocycles. The zero-order chi connectivity index (χ0) is 99.2. The number of nitrogens with one attached hydrogen (secondary N) is 4. The van der Waals surface area contributed by atoms with Crippen LogP contribution in [0.25, 0.3) is 43.2 Å². The number of carboxylic acids is 2. The van der Waals surface area contributed by atoms with Gasteiger partial charge in [-0.15, -0.1) is 11.3 Å². The SMILES string of the molecule is COCCOCCOCCOCCOCCOCCOCCOCCOCCCc1cc(NC(=O)[C@H](CCCNC(N)=O)NC(=O)[C@@H](NC(=O)CCOCCN2C(=O)C=CC2=O)C(C)C)ccc1C[N+]1(C)CCN(CCOc2ccc(-c3c(-c4ccc(F)cc4)sc4ncnc(O[C@H](Cc5ccccc5OCc5ccnc(-c6ccccc6OC)n5)C(=O)O)c34)c(C)c2Cl)CC1.O=C([O-])C(F)(F)F. The highest BCUT2D eigenvalue weighted by atomic mass is 35.5. The number of hydrogen-bond donors (Lipinski definition) is 6. The molecule has 0 spiro atoms. The number of fused-ring (bicyclic) bond motifs is 1. The van der Waals surface area contributed by atoms with E-state index in [9.17, 15) is 56.2 Å². The van der Waals surface area contributed by atoms with Gasteiger partial charge in [-0.1, -0.05) is 80.0 Å². The van der Waals surface area contributed by atoms with E-state index >= 15 is 0 Å². The number of halogens is 5. The monoisotopic (exact) mass is 1970 g/mol. The predicted octanol–water partition coefficient (Wildman–Crippen LogP) is 8.94. The Kier molecular flexibility index (Phi) is 46.6. The summed E-state index contributed by atoms with van der Waals surface area (Å²) < 4.78 is 127. The zero-order valence-electron chi connectivity index (χ0n) is 78.1. The van der Waals surface area contributed by atoms with Crippen LogP contribution in [-0.2, 0) is 107 Å². The number of alkyl halides is 3. The number of quaternary nitrogens is 1. The predicted molar refractivity (Wildman–Crippen MR) is 500 cm³/mol. The molecule has 7 N–H and O–H groups in total. The van der Waals surface area contributed by atoms with Crippen molar-refractivity contribution in [3.8, 4) is 56.1 Å². The molecule has 138 heavy (non-hydrogen) atoms.